The number of thiophene rings is 1. The molecule has 1 aromatic carbocycles. The molecular weight excluding hydrogens is 386 g/mol. The molecule has 1 atom stereocenters. The smallest absolute Gasteiger partial charge is 0.346 e. The van der Waals surface area contributed by atoms with Crippen LogP contribution in [0.15, 0.2) is 35.7 Å². The summed E-state index contributed by atoms with van der Waals surface area (Å²) >= 11 is 1.01. The van der Waals surface area contributed by atoms with Crippen LogP contribution in [0, 0.1) is 0 Å². The Labute approximate surface area is 164 Å². The van der Waals surface area contributed by atoms with E-state index in [0.29, 0.717) is 5.75 Å². The highest BCUT2D eigenvalue weighted by atomic mass is 32.2. The van der Waals surface area contributed by atoms with Gasteiger partial charge in [0.2, 0.25) is 10.0 Å². The Morgan fingerprint density at radius 2 is 1.85 bits per heavy atom. The van der Waals surface area contributed by atoms with E-state index >= 15 is 0 Å². The Bertz CT molecular complexity index is 880. The minimum absolute atomic E-state index is 0.0446. The number of rotatable bonds is 8. The Morgan fingerprint density at radius 1 is 1.22 bits per heavy atom. The predicted molar refractivity (Wildman–Crippen MR) is 107 cm³/mol. The van der Waals surface area contributed by atoms with Crippen LogP contribution >= 0.6 is 11.3 Å². The summed E-state index contributed by atoms with van der Waals surface area (Å²) < 4.78 is 32.8. The number of hydrogen-bond donors (Lipinski definition) is 2. The molecule has 148 valence electrons. The molecule has 1 unspecified atom stereocenters. The van der Waals surface area contributed by atoms with E-state index in [4.69, 9.17) is 9.84 Å². The molecule has 0 saturated carbocycles. The summed E-state index contributed by atoms with van der Waals surface area (Å²) in [5, 5.41) is 10.7. The van der Waals surface area contributed by atoms with E-state index in [1.807, 2.05) is 24.3 Å². The zero-order chi connectivity index (χ0) is 20.2. The Balaban J connectivity index is 1.91. The second-order valence-corrected chi connectivity index (χ2v) is 10.1. The molecule has 6 nitrogen and oxygen atoms in total. The van der Waals surface area contributed by atoms with Gasteiger partial charge in [0.1, 0.15) is 17.2 Å². The maximum absolute atomic E-state index is 12.3. The molecule has 0 amide bonds. The number of carboxylic acids is 1. The lowest BCUT2D eigenvalue weighted by molar-refractivity contribution is 0.0701. The molecule has 0 bridgehead atoms. The molecule has 27 heavy (non-hydrogen) atoms. The van der Waals surface area contributed by atoms with Crippen molar-refractivity contribution in [3.63, 3.8) is 0 Å². The van der Waals surface area contributed by atoms with E-state index in [0.717, 1.165) is 11.3 Å². The largest absolute Gasteiger partial charge is 0.492 e. The van der Waals surface area contributed by atoms with Gasteiger partial charge >= 0.3 is 5.97 Å². The number of hydrogen-bond acceptors (Lipinski definition) is 5. The number of ether oxygens (including phenoxy) is 1. The minimum Gasteiger partial charge on any atom is -0.492 e. The van der Waals surface area contributed by atoms with Crippen molar-refractivity contribution in [2.45, 2.75) is 44.9 Å². The molecule has 0 aliphatic carbocycles. The third kappa shape index (κ3) is 6.34. The summed E-state index contributed by atoms with van der Waals surface area (Å²) in [4.78, 5) is 11.2. The standard InChI is InChI=1S/C19H25NO5S2/c1-13(11-25-16-7-5-15(6-8-16)19(2,3)4)20-27(23,24)12-14-9-10-26-17(14)18(21)22/h5-10,13,20H,11-12H2,1-4H3,(H,21,22). The monoisotopic (exact) mass is 411 g/mol. The fourth-order valence-corrected chi connectivity index (χ4v) is 4.76. The number of carbonyl (C=O) groups is 1. The highest BCUT2D eigenvalue weighted by Gasteiger charge is 2.21. The van der Waals surface area contributed by atoms with E-state index < -0.39 is 22.0 Å². The van der Waals surface area contributed by atoms with Gasteiger partial charge in [0, 0.05) is 0 Å². The number of sulfonamides is 1. The fourth-order valence-electron chi connectivity index (χ4n) is 2.50. The van der Waals surface area contributed by atoms with Gasteiger partial charge in [-0.25, -0.2) is 17.9 Å². The van der Waals surface area contributed by atoms with Crippen molar-refractivity contribution in [3.05, 3.63) is 51.7 Å². The minimum atomic E-state index is -3.68. The van der Waals surface area contributed by atoms with Crippen LogP contribution in [0.3, 0.4) is 0 Å². The first-order valence-corrected chi connectivity index (χ1v) is 11.0. The third-order valence-corrected chi connectivity index (χ3v) is 6.28. The lowest BCUT2D eigenvalue weighted by Crippen LogP contribution is -2.37. The molecule has 0 spiro atoms. The number of benzene rings is 1. The van der Waals surface area contributed by atoms with Crippen LogP contribution in [0.25, 0.3) is 0 Å². The molecule has 1 heterocycles. The van der Waals surface area contributed by atoms with Gasteiger partial charge in [-0.3, -0.25) is 0 Å². The lowest BCUT2D eigenvalue weighted by atomic mass is 9.87. The SMILES string of the molecule is CC(COc1ccc(C(C)(C)C)cc1)NS(=O)(=O)Cc1ccsc1C(=O)O. The van der Waals surface area contributed by atoms with Crippen LogP contribution in [-0.4, -0.2) is 32.1 Å². The first kappa shape index (κ1) is 21.4. The molecular formula is C19H25NO5S2. The van der Waals surface area contributed by atoms with Crippen molar-refractivity contribution in [1.82, 2.24) is 4.72 Å². The summed E-state index contributed by atoms with van der Waals surface area (Å²) in [6.45, 7) is 8.26. The first-order chi connectivity index (χ1) is 12.5. The molecule has 0 fully saturated rings. The summed E-state index contributed by atoms with van der Waals surface area (Å²) in [5.41, 5.74) is 1.53. The molecule has 8 heteroatoms. The topological polar surface area (TPSA) is 92.7 Å². The van der Waals surface area contributed by atoms with Crippen molar-refractivity contribution < 1.29 is 23.1 Å². The van der Waals surface area contributed by atoms with Crippen LogP contribution in [0.1, 0.15) is 48.5 Å². The quantitative estimate of drug-likeness (QED) is 0.692. The van der Waals surface area contributed by atoms with Crippen LogP contribution < -0.4 is 9.46 Å². The summed E-state index contributed by atoms with van der Waals surface area (Å²) in [5.74, 6) is -0.826. The maximum atomic E-state index is 12.3. The van der Waals surface area contributed by atoms with Gasteiger partial charge in [-0.15, -0.1) is 11.3 Å². The molecule has 0 saturated heterocycles. The van der Waals surface area contributed by atoms with Crippen molar-refractivity contribution in [2.24, 2.45) is 0 Å². The van der Waals surface area contributed by atoms with Crippen LogP contribution in [0.4, 0.5) is 0 Å². The lowest BCUT2D eigenvalue weighted by Gasteiger charge is -2.20. The zero-order valence-electron chi connectivity index (χ0n) is 15.9. The molecule has 0 aliphatic rings. The fraction of sp³-hybridized carbons (Fsp3) is 0.421. The number of nitrogens with one attached hydrogen (secondary N) is 1. The van der Waals surface area contributed by atoms with E-state index in [-0.39, 0.29) is 28.2 Å². The van der Waals surface area contributed by atoms with Gasteiger partial charge in [0.25, 0.3) is 0 Å². The average molecular weight is 412 g/mol. The van der Waals surface area contributed by atoms with Crippen LogP contribution in [0.2, 0.25) is 0 Å². The van der Waals surface area contributed by atoms with Gasteiger partial charge < -0.3 is 9.84 Å². The second-order valence-electron chi connectivity index (χ2n) is 7.44. The van der Waals surface area contributed by atoms with Crippen LogP contribution in [-0.2, 0) is 21.2 Å². The molecule has 2 aromatic rings. The molecule has 0 aliphatic heterocycles. The van der Waals surface area contributed by atoms with E-state index in [1.54, 1.807) is 12.3 Å². The Morgan fingerprint density at radius 3 is 2.41 bits per heavy atom. The summed E-state index contributed by atoms with van der Waals surface area (Å²) in [7, 11) is -3.68. The van der Waals surface area contributed by atoms with Gasteiger partial charge in [0.05, 0.1) is 11.8 Å². The summed E-state index contributed by atoms with van der Waals surface area (Å²) in [6.07, 6.45) is 0. The van der Waals surface area contributed by atoms with Gasteiger partial charge in [-0.1, -0.05) is 32.9 Å². The van der Waals surface area contributed by atoms with E-state index in [2.05, 4.69) is 25.5 Å². The second kappa shape index (κ2) is 8.41. The van der Waals surface area contributed by atoms with Crippen molar-refractivity contribution in [3.8, 4) is 5.75 Å². The Hall–Kier alpha value is -1.90. The van der Waals surface area contributed by atoms with Crippen molar-refractivity contribution >= 4 is 27.3 Å². The number of carboxylic acid groups (broad SMARTS) is 1. The predicted octanol–water partition coefficient (Wildman–Crippen LogP) is 3.63. The zero-order valence-corrected chi connectivity index (χ0v) is 17.5. The summed E-state index contributed by atoms with van der Waals surface area (Å²) in [6, 6.07) is 8.79. The van der Waals surface area contributed by atoms with Gasteiger partial charge in [0.15, 0.2) is 0 Å². The molecule has 1 aromatic heterocycles. The Kier molecular flexibility index (Phi) is 6.67. The average Bonchev–Trinajstić information content (AvgIpc) is 2.99. The highest BCUT2D eigenvalue weighted by Crippen LogP contribution is 2.24. The first-order valence-electron chi connectivity index (χ1n) is 8.51. The van der Waals surface area contributed by atoms with Gasteiger partial charge in [-0.2, -0.15) is 0 Å². The molecule has 0 radical (unpaired) electrons. The normalized spacial score (nSPS) is 13.3. The van der Waals surface area contributed by atoms with E-state index in [9.17, 15) is 13.2 Å². The maximum Gasteiger partial charge on any atom is 0.346 e. The molecule has 2 rings (SSSR count). The third-order valence-electron chi connectivity index (χ3n) is 3.89. The van der Waals surface area contributed by atoms with Crippen molar-refractivity contribution in [2.75, 3.05) is 6.61 Å². The van der Waals surface area contributed by atoms with E-state index in [1.165, 1.54) is 11.6 Å². The number of aromatic carboxylic acids is 1. The highest BCUT2D eigenvalue weighted by molar-refractivity contribution is 7.88. The van der Waals surface area contributed by atoms with Crippen LogP contribution in [0.5, 0.6) is 5.75 Å². The molecule has 2 N–H and O–H groups in total. The van der Waals surface area contributed by atoms with Gasteiger partial charge in [-0.05, 0) is 47.0 Å². The van der Waals surface area contributed by atoms with Crippen molar-refractivity contribution in [1.29, 1.82) is 0 Å².